The molecule has 0 fully saturated rings. The molecule has 1 aromatic heterocycles. The lowest BCUT2D eigenvalue weighted by atomic mass is 9.99. The van der Waals surface area contributed by atoms with Crippen LogP contribution >= 0.6 is 0 Å². The zero-order valence-electron chi connectivity index (χ0n) is 12.1. The highest BCUT2D eigenvalue weighted by Crippen LogP contribution is 2.21. The van der Waals surface area contributed by atoms with E-state index in [0.717, 1.165) is 11.4 Å². The molecule has 0 aliphatic rings. The topological polar surface area (TPSA) is 24.9 Å². The van der Waals surface area contributed by atoms with E-state index in [4.69, 9.17) is 0 Å². The molecule has 2 unspecified atom stereocenters. The second-order valence-electron chi connectivity index (χ2n) is 5.16. The quantitative estimate of drug-likeness (QED) is 0.837. The Hall–Kier alpha value is -0.890. The molecule has 0 aromatic carbocycles. The molecule has 2 heteroatoms. The molecule has 0 aliphatic carbocycles. The molecule has 1 N–H and O–H groups in total. The van der Waals surface area contributed by atoms with Gasteiger partial charge in [-0.25, -0.2) is 0 Å². The van der Waals surface area contributed by atoms with Crippen LogP contribution in [0.5, 0.6) is 0 Å². The standard InChI is InChI=1S/C15H26N2/c1-7-8-11(3)16-13(5)15-10(2)9-12(4)17-14(15)6/h9,11,13,16H,7-8H2,1-6H3. The number of aryl methyl sites for hydroxylation is 3. The van der Waals surface area contributed by atoms with Gasteiger partial charge in [0.1, 0.15) is 0 Å². The lowest BCUT2D eigenvalue weighted by molar-refractivity contribution is 0.449. The predicted molar refractivity (Wildman–Crippen MR) is 74.4 cm³/mol. The van der Waals surface area contributed by atoms with Crippen LogP contribution in [0.3, 0.4) is 0 Å². The van der Waals surface area contributed by atoms with Crippen LogP contribution in [-0.2, 0) is 0 Å². The number of rotatable bonds is 5. The largest absolute Gasteiger partial charge is 0.308 e. The Balaban J connectivity index is 2.85. The van der Waals surface area contributed by atoms with E-state index in [9.17, 15) is 0 Å². The lowest BCUT2D eigenvalue weighted by Crippen LogP contribution is -2.29. The summed E-state index contributed by atoms with van der Waals surface area (Å²) in [6.45, 7) is 13.1. The lowest BCUT2D eigenvalue weighted by Gasteiger charge is -2.23. The number of pyridine rings is 1. The number of hydrogen-bond donors (Lipinski definition) is 1. The third kappa shape index (κ3) is 3.81. The van der Waals surface area contributed by atoms with Gasteiger partial charge in [-0.1, -0.05) is 13.3 Å². The van der Waals surface area contributed by atoms with Gasteiger partial charge in [0.05, 0.1) is 0 Å². The molecule has 0 saturated carbocycles. The first-order valence-electron chi connectivity index (χ1n) is 6.66. The van der Waals surface area contributed by atoms with Gasteiger partial charge in [0.25, 0.3) is 0 Å². The average molecular weight is 234 g/mol. The Bertz CT molecular complexity index is 348. The maximum Gasteiger partial charge on any atom is 0.0426 e. The molecular weight excluding hydrogens is 208 g/mol. The first-order chi connectivity index (χ1) is 7.95. The highest BCUT2D eigenvalue weighted by atomic mass is 14.9. The minimum atomic E-state index is 0.379. The number of hydrogen-bond acceptors (Lipinski definition) is 2. The van der Waals surface area contributed by atoms with Crippen LogP contribution in [0.1, 0.15) is 62.2 Å². The molecule has 0 saturated heterocycles. The van der Waals surface area contributed by atoms with Crippen molar-refractivity contribution in [1.82, 2.24) is 10.3 Å². The summed E-state index contributed by atoms with van der Waals surface area (Å²) in [5.74, 6) is 0. The van der Waals surface area contributed by atoms with Crippen LogP contribution in [0.2, 0.25) is 0 Å². The fourth-order valence-electron chi connectivity index (χ4n) is 2.71. The van der Waals surface area contributed by atoms with Crippen LogP contribution in [-0.4, -0.2) is 11.0 Å². The summed E-state index contributed by atoms with van der Waals surface area (Å²) in [7, 11) is 0. The van der Waals surface area contributed by atoms with Crippen molar-refractivity contribution in [3.8, 4) is 0 Å². The number of nitrogens with zero attached hydrogens (tertiary/aromatic N) is 1. The van der Waals surface area contributed by atoms with Crippen molar-refractivity contribution in [2.75, 3.05) is 0 Å². The molecular formula is C15H26N2. The minimum Gasteiger partial charge on any atom is -0.308 e. The second-order valence-corrected chi connectivity index (χ2v) is 5.16. The Morgan fingerprint density at radius 2 is 1.88 bits per heavy atom. The maximum atomic E-state index is 4.57. The van der Waals surface area contributed by atoms with E-state index in [0.29, 0.717) is 12.1 Å². The van der Waals surface area contributed by atoms with E-state index in [1.807, 2.05) is 0 Å². The van der Waals surface area contributed by atoms with Crippen LogP contribution in [0.25, 0.3) is 0 Å². The molecule has 2 nitrogen and oxygen atoms in total. The predicted octanol–water partition coefficient (Wildman–Crippen LogP) is 3.85. The molecule has 0 amide bonds. The third-order valence-electron chi connectivity index (χ3n) is 3.27. The van der Waals surface area contributed by atoms with Gasteiger partial charge >= 0.3 is 0 Å². The van der Waals surface area contributed by atoms with Crippen LogP contribution in [0.4, 0.5) is 0 Å². The monoisotopic (exact) mass is 234 g/mol. The SMILES string of the molecule is CCCC(C)NC(C)c1c(C)cc(C)nc1C. The molecule has 1 aromatic rings. The zero-order chi connectivity index (χ0) is 13.0. The highest BCUT2D eigenvalue weighted by molar-refractivity contribution is 5.33. The van der Waals surface area contributed by atoms with Crippen LogP contribution in [0.15, 0.2) is 6.07 Å². The number of aromatic nitrogens is 1. The van der Waals surface area contributed by atoms with Crippen molar-refractivity contribution >= 4 is 0 Å². The molecule has 96 valence electrons. The zero-order valence-corrected chi connectivity index (χ0v) is 12.1. The Morgan fingerprint density at radius 1 is 1.24 bits per heavy atom. The molecule has 0 spiro atoms. The van der Waals surface area contributed by atoms with Gasteiger partial charge in [-0.15, -0.1) is 0 Å². The summed E-state index contributed by atoms with van der Waals surface area (Å²) in [6, 6.07) is 3.12. The van der Waals surface area contributed by atoms with Crippen molar-refractivity contribution in [3.05, 3.63) is 28.6 Å². The molecule has 1 rings (SSSR count). The smallest absolute Gasteiger partial charge is 0.0426 e. The normalized spacial score (nSPS) is 14.7. The molecule has 1 heterocycles. The molecule has 0 bridgehead atoms. The Morgan fingerprint density at radius 3 is 2.41 bits per heavy atom. The summed E-state index contributed by atoms with van der Waals surface area (Å²) >= 11 is 0. The summed E-state index contributed by atoms with van der Waals surface area (Å²) in [4.78, 5) is 4.57. The fraction of sp³-hybridized carbons (Fsp3) is 0.667. The van der Waals surface area contributed by atoms with Crippen molar-refractivity contribution in [2.24, 2.45) is 0 Å². The molecule has 2 atom stereocenters. The minimum absolute atomic E-state index is 0.379. The van der Waals surface area contributed by atoms with Crippen molar-refractivity contribution in [2.45, 2.75) is 66.5 Å². The third-order valence-corrected chi connectivity index (χ3v) is 3.27. The van der Waals surface area contributed by atoms with Crippen molar-refractivity contribution < 1.29 is 0 Å². The van der Waals surface area contributed by atoms with Gasteiger partial charge in [0.2, 0.25) is 0 Å². The van der Waals surface area contributed by atoms with E-state index in [1.54, 1.807) is 0 Å². The first kappa shape index (κ1) is 14.2. The highest BCUT2D eigenvalue weighted by Gasteiger charge is 2.14. The van der Waals surface area contributed by atoms with E-state index in [-0.39, 0.29) is 0 Å². The van der Waals surface area contributed by atoms with Crippen LogP contribution < -0.4 is 5.32 Å². The first-order valence-corrected chi connectivity index (χ1v) is 6.66. The van der Waals surface area contributed by atoms with Crippen molar-refractivity contribution in [3.63, 3.8) is 0 Å². The van der Waals surface area contributed by atoms with Gasteiger partial charge < -0.3 is 5.32 Å². The fourth-order valence-corrected chi connectivity index (χ4v) is 2.71. The average Bonchev–Trinajstić information content (AvgIpc) is 2.15. The van der Waals surface area contributed by atoms with Crippen molar-refractivity contribution in [1.29, 1.82) is 0 Å². The second kappa shape index (κ2) is 6.15. The summed E-state index contributed by atoms with van der Waals surface area (Å²) in [6.07, 6.45) is 2.45. The van der Waals surface area contributed by atoms with E-state index >= 15 is 0 Å². The Kier molecular flexibility index (Phi) is 5.13. The summed E-state index contributed by atoms with van der Waals surface area (Å²) in [5, 5.41) is 3.66. The number of nitrogens with one attached hydrogen (secondary N) is 1. The van der Waals surface area contributed by atoms with Gasteiger partial charge in [-0.05, 0) is 58.2 Å². The van der Waals surface area contributed by atoms with E-state index in [2.05, 4.69) is 57.9 Å². The molecule has 17 heavy (non-hydrogen) atoms. The van der Waals surface area contributed by atoms with Gasteiger partial charge in [-0.2, -0.15) is 0 Å². The maximum absolute atomic E-state index is 4.57. The van der Waals surface area contributed by atoms with E-state index < -0.39 is 0 Å². The van der Waals surface area contributed by atoms with Gasteiger partial charge in [0, 0.05) is 23.5 Å². The summed E-state index contributed by atoms with van der Waals surface area (Å²) < 4.78 is 0. The Labute approximate surface area is 106 Å². The van der Waals surface area contributed by atoms with Gasteiger partial charge in [-0.3, -0.25) is 4.98 Å². The van der Waals surface area contributed by atoms with Crippen LogP contribution in [0, 0.1) is 20.8 Å². The van der Waals surface area contributed by atoms with Gasteiger partial charge in [0.15, 0.2) is 0 Å². The molecule has 0 radical (unpaired) electrons. The summed E-state index contributed by atoms with van der Waals surface area (Å²) in [5.41, 5.74) is 4.97. The molecule has 0 aliphatic heterocycles. The van der Waals surface area contributed by atoms with E-state index in [1.165, 1.54) is 24.0 Å².